The second-order valence-corrected chi connectivity index (χ2v) is 2.60. The molecule has 0 atom stereocenters. The van der Waals surface area contributed by atoms with E-state index in [0.717, 1.165) is 32.7 Å². The Morgan fingerprint density at radius 1 is 0.917 bits per heavy atom. The van der Waals surface area contributed by atoms with Gasteiger partial charge in [-0.05, 0) is 13.0 Å². The molecule has 0 aromatic rings. The average Bonchev–Trinajstić information content (AvgIpc) is 2.10. The van der Waals surface area contributed by atoms with Gasteiger partial charge in [0.25, 0.3) is 0 Å². The Balaban J connectivity index is 2.73. The zero-order valence-corrected chi connectivity index (χ0v) is 8.15. The lowest BCUT2D eigenvalue weighted by Crippen LogP contribution is -2.32. The van der Waals surface area contributed by atoms with Crippen molar-refractivity contribution in [3.05, 3.63) is 0 Å². The van der Waals surface area contributed by atoms with Crippen LogP contribution in [0.1, 0.15) is 13.3 Å². The van der Waals surface area contributed by atoms with E-state index >= 15 is 0 Å². The Bertz CT molecular complexity index is 70.7. The van der Waals surface area contributed by atoms with Crippen molar-refractivity contribution in [1.29, 1.82) is 0 Å². The van der Waals surface area contributed by atoms with Crippen molar-refractivity contribution in [2.24, 2.45) is 0 Å². The molecule has 74 valence electrons. The largest absolute Gasteiger partial charge is 0.315 e. The Hall–Kier alpha value is -0.160. The summed E-state index contributed by atoms with van der Waals surface area (Å²) in [4.78, 5) is 4.68. The van der Waals surface area contributed by atoms with Crippen molar-refractivity contribution >= 4 is 0 Å². The van der Waals surface area contributed by atoms with Gasteiger partial charge in [0.05, 0.1) is 7.11 Å². The van der Waals surface area contributed by atoms with Crippen molar-refractivity contribution in [1.82, 2.24) is 16.1 Å². The second-order valence-electron chi connectivity index (χ2n) is 2.60. The van der Waals surface area contributed by atoms with Crippen molar-refractivity contribution in [2.75, 3.05) is 39.8 Å². The van der Waals surface area contributed by atoms with E-state index in [1.165, 1.54) is 6.42 Å². The number of rotatable bonds is 9. The van der Waals surface area contributed by atoms with Crippen LogP contribution in [0.5, 0.6) is 0 Å². The van der Waals surface area contributed by atoms with Crippen LogP contribution in [0.25, 0.3) is 0 Å². The third-order valence-corrected chi connectivity index (χ3v) is 1.45. The van der Waals surface area contributed by atoms with Gasteiger partial charge in [-0.2, -0.15) is 0 Å². The Morgan fingerprint density at radius 2 is 1.50 bits per heavy atom. The molecule has 0 aliphatic rings. The molecule has 0 aliphatic heterocycles. The van der Waals surface area contributed by atoms with Gasteiger partial charge in [-0.3, -0.25) is 0 Å². The van der Waals surface area contributed by atoms with E-state index < -0.39 is 0 Å². The van der Waals surface area contributed by atoms with E-state index in [2.05, 4.69) is 27.9 Å². The molecule has 0 spiro atoms. The Morgan fingerprint density at radius 3 is 2.08 bits per heavy atom. The van der Waals surface area contributed by atoms with Gasteiger partial charge < -0.3 is 15.5 Å². The first kappa shape index (κ1) is 11.8. The van der Waals surface area contributed by atoms with Crippen LogP contribution in [0.2, 0.25) is 0 Å². The van der Waals surface area contributed by atoms with Gasteiger partial charge in [-0.15, -0.1) is 0 Å². The SMILES string of the molecule is CCCNCCNCCNOC. The summed E-state index contributed by atoms with van der Waals surface area (Å²) in [5.41, 5.74) is 2.77. The van der Waals surface area contributed by atoms with Crippen LogP contribution in [0.4, 0.5) is 0 Å². The number of hydroxylamine groups is 1. The summed E-state index contributed by atoms with van der Waals surface area (Å²) in [7, 11) is 1.63. The molecule has 0 saturated heterocycles. The topological polar surface area (TPSA) is 45.3 Å². The van der Waals surface area contributed by atoms with E-state index in [-0.39, 0.29) is 0 Å². The maximum atomic E-state index is 4.68. The quantitative estimate of drug-likeness (QED) is 0.333. The van der Waals surface area contributed by atoms with Crippen LogP contribution in [0.3, 0.4) is 0 Å². The fourth-order valence-electron chi connectivity index (χ4n) is 0.845. The summed E-state index contributed by atoms with van der Waals surface area (Å²) in [5.74, 6) is 0. The van der Waals surface area contributed by atoms with Crippen molar-refractivity contribution in [2.45, 2.75) is 13.3 Å². The molecular formula is C8H21N3O. The standard InChI is InChI=1S/C8H21N3O/c1-3-4-9-5-6-10-7-8-11-12-2/h9-11H,3-8H2,1-2H3. The molecule has 0 heterocycles. The van der Waals surface area contributed by atoms with Gasteiger partial charge in [0.15, 0.2) is 0 Å². The zero-order valence-electron chi connectivity index (χ0n) is 8.15. The number of nitrogens with one attached hydrogen (secondary N) is 3. The first-order valence-electron chi connectivity index (χ1n) is 4.59. The number of hydrogen-bond donors (Lipinski definition) is 3. The van der Waals surface area contributed by atoms with Gasteiger partial charge >= 0.3 is 0 Å². The highest BCUT2D eigenvalue weighted by Crippen LogP contribution is 1.67. The molecule has 0 aliphatic carbocycles. The fourth-order valence-corrected chi connectivity index (χ4v) is 0.845. The van der Waals surface area contributed by atoms with Gasteiger partial charge in [0.2, 0.25) is 0 Å². The van der Waals surface area contributed by atoms with Crippen molar-refractivity contribution < 1.29 is 4.84 Å². The van der Waals surface area contributed by atoms with Crippen LogP contribution in [0.15, 0.2) is 0 Å². The van der Waals surface area contributed by atoms with Gasteiger partial charge in [-0.25, -0.2) is 5.48 Å². The molecule has 4 heteroatoms. The lowest BCUT2D eigenvalue weighted by Gasteiger charge is -2.05. The maximum Gasteiger partial charge on any atom is 0.0572 e. The second kappa shape index (κ2) is 10.8. The van der Waals surface area contributed by atoms with Crippen LogP contribution < -0.4 is 16.1 Å². The summed E-state index contributed by atoms with van der Waals surface area (Å²) in [6, 6.07) is 0. The molecule has 0 amide bonds. The van der Waals surface area contributed by atoms with Gasteiger partial charge in [-0.1, -0.05) is 6.92 Å². The highest BCUT2D eigenvalue weighted by atomic mass is 16.6. The molecule has 12 heavy (non-hydrogen) atoms. The lowest BCUT2D eigenvalue weighted by molar-refractivity contribution is 0.0926. The Labute approximate surface area is 75.0 Å². The first-order valence-corrected chi connectivity index (χ1v) is 4.59. The zero-order chi connectivity index (χ0) is 9.07. The van der Waals surface area contributed by atoms with Crippen molar-refractivity contribution in [3.8, 4) is 0 Å². The predicted octanol–water partition coefficient (Wildman–Crippen LogP) is -0.273. The molecule has 3 N–H and O–H groups in total. The summed E-state index contributed by atoms with van der Waals surface area (Å²) in [5, 5.41) is 6.59. The predicted molar refractivity (Wildman–Crippen MR) is 51.0 cm³/mol. The minimum Gasteiger partial charge on any atom is -0.315 e. The summed E-state index contributed by atoms with van der Waals surface area (Å²) in [6.07, 6.45) is 1.20. The molecule has 0 unspecified atom stereocenters. The normalized spacial score (nSPS) is 10.5. The van der Waals surface area contributed by atoms with E-state index in [0.29, 0.717) is 0 Å². The number of hydrogen-bond acceptors (Lipinski definition) is 4. The summed E-state index contributed by atoms with van der Waals surface area (Å²) >= 11 is 0. The highest BCUT2D eigenvalue weighted by Gasteiger charge is 1.86. The Kier molecular flexibility index (Phi) is 10.7. The molecule has 0 radical (unpaired) electrons. The van der Waals surface area contributed by atoms with Crippen LogP contribution in [0, 0.1) is 0 Å². The maximum absolute atomic E-state index is 4.68. The highest BCUT2D eigenvalue weighted by molar-refractivity contribution is 4.51. The third kappa shape index (κ3) is 9.84. The summed E-state index contributed by atoms with van der Waals surface area (Å²) in [6.45, 7) is 7.14. The molecule has 0 saturated carbocycles. The molecule has 0 bridgehead atoms. The monoisotopic (exact) mass is 175 g/mol. The fraction of sp³-hybridized carbons (Fsp3) is 1.00. The molecule has 0 rings (SSSR count). The lowest BCUT2D eigenvalue weighted by atomic mass is 10.4. The smallest absolute Gasteiger partial charge is 0.0572 e. The van der Waals surface area contributed by atoms with Gasteiger partial charge in [0.1, 0.15) is 0 Å². The molecule has 4 nitrogen and oxygen atoms in total. The minimum absolute atomic E-state index is 0.851. The van der Waals surface area contributed by atoms with Crippen LogP contribution in [-0.2, 0) is 4.84 Å². The van der Waals surface area contributed by atoms with E-state index in [1.54, 1.807) is 7.11 Å². The molecule has 0 fully saturated rings. The van der Waals surface area contributed by atoms with Crippen LogP contribution in [-0.4, -0.2) is 39.8 Å². The first-order chi connectivity index (χ1) is 5.91. The average molecular weight is 175 g/mol. The van der Waals surface area contributed by atoms with Crippen molar-refractivity contribution in [3.63, 3.8) is 0 Å². The van der Waals surface area contributed by atoms with E-state index in [9.17, 15) is 0 Å². The summed E-state index contributed by atoms with van der Waals surface area (Å²) < 4.78 is 0. The van der Waals surface area contributed by atoms with Gasteiger partial charge in [0, 0.05) is 26.2 Å². The third-order valence-electron chi connectivity index (χ3n) is 1.45. The van der Waals surface area contributed by atoms with Crippen LogP contribution >= 0.6 is 0 Å². The minimum atomic E-state index is 0.851. The molecular weight excluding hydrogens is 154 g/mol. The molecule has 0 aromatic carbocycles. The van der Waals surface area contributed by atoms with E-state index in [4.69, 9.17) is 0 Å². The van der Waals surface area contributed by atoms with E-state index in [1.807, 2.05) is 0 Å². The molecule has 0 aromatic heterocycles.